The number of anilines is 1. The standard InChI is InChI=1S/C18H20N2O3/c1-13-5-4-6-15(11-13)23-17-8-3-2-7-16(17)19-18(22)20-10-9-14(21)12-20/h2-8,11,14,21H,9-10,12H2,1H3,(H,19,22)/t14-/m1/s1. The lowest BCUT2D eigenvalue weighted by molar-refractivity contribution is 0.176. The molecular formula is C18H20N2O3. The van der Waals surface area contributed by atoms with Crippen molar-refractivity contribution in [3.8, 4) is 11.5 Å². The van der Waals surface area contributed by atoms with Gasteiger partial charge in [-0.15, -0.1) is 0 Å². The van der Waals surface area contributed by atoms with Gasteiger partial charge in [0, 0.05) is 13.1 Å². The number of hydrogen-bond acceptors (Lipinski definition) is 3. The Hall–Kier alpha value is -2.53. The highest BCUT2D eigenvalue weighted by molar-refractivity contribution is 5.91. The summed E-state index contributed by atoms with van der Waals surface area (Å²) in [7, 11) is 0. The molecule has 2 aromatic carbocycles. The quantitative estimate of drug-likeness (QED) is 0.913. The van der Waals surface area contributed by atoms with Gasteiger partial charge in [-0.3, -0.25) is 0 Å². The summed E-state index contributed by atoms with van der Waals surface area (Å²) in [5.41, 5.74) is 1.72. The number of nitrogens with one attached hydrogen (secondary N) is 1. The average molecular weight is 312 g/mol. The van der Waals surface area contributed by atoms with E-state index in [0.29, 0.717) is 30.9 Å². The number of amides is 2. The van der Waals surface area contributed by atoms with Crippen molar-refractivity contribution in [2.45, 2.75) is 19.4 Å². The lowest BCUT2D eigenvalue weighted by Gasteiger charge is -2.18. The number of urea groups is 1. The summed E-state index contributed by atoms with van der Waals surface area (Å²) in [5, 5.41) is 12.4. The van der Waals surface area contributed by atoms with E-state index in [0.717, 1.165) is 11.3 Å². The van der Waals surface area contributed by atoms with Crippen molar-refractivity contribution in [3.63, 3.8) is 0 Å². The number of carbonyl (C=O) groups excluding carboxylic acids is 1. The molecule has 5 nitrogen and oxygen atoms in total. The van der Waals surface area contributed by atoms with E-state index in [1.807, 2.05) is 49.4 Å². The molecule has 5 heteroatoms. The number of aliphatic hydroxyl groups is 1. The summed E-state index contributed by atoms with van der Waals surface area (Å²) in [6.07, 6.45) is 0.189. The molecule has 23 heavy (non-hydrogen) atoms. The number of aliphatic hydroxyl groups excluding tert-OH is 1. The van der Waals surface area contributed by atoms with Gasteiger partial charge in [0.25, 0.3) is 0 Å². The number of nitrogens with zero attached hydrogens (tertiary/aromatic N) is 1. The molecular weight excluding hydrogens is 292 g/mol. The Morgan fingerprint density at radius 2 is 2.09 bits per heavy atom. The van der Waals surface area contributed by atoms with Crippen LogP contribution in [0.1, 0.15) is 12.0 Å². The van der Waals surface area contributed by atoms with Crippen molar-refractivity contribution in [1.29, 1.82) is 0 Å². The molecule has 0 aromatic heterocycles. The van der Waals surface area contributed by atoms with Crippen LogP contribution in [0.3, 0.4) is 0 Å². The van der Waals surface area contributed by atoms with E-state index in [1.54, 1.807) is 11.0 Å². The number of para-hydroxylation sites is 2. The number of likely N-dealkylation sites (tertiary alicyclic amines) is 1. The van der Waals surface area contributed by atoms with Crippen molar-refractivity contribution >= 4 is 11.7 Å². The van der Waals surface area contributed by atoms with Crippen LogP contribution in [0.15, 0.2) is 48.5 Å². The maximum atomic E-state index is 12.3. The molecule has 120 valence electrons. The first-order valence-electron chi connectivity index (χ1n) is 7.69. The Morgan fingerprint density at radius 3 is 2.83 bits per heavy atom. The number of β-amino-alcohol motifs (C(OH)–C–C–N with tert-alkyl or cyclic N) is 1. The van der Waals surface area contributed by atoms with E-state index >= 15 is 0 Å². The zero-order valence-electron chi connectivity index (χ0n) is 13.0. The first kappa shape index (κ1) is 15.4. The Bertz CT molecular complexity index is 702. The van der Waals surface area contributed by atoms with Crippen LogP contribution in [0.2, 0.25) is 0 Å². The van der Waals surface area contributed by atoms with Gasteiger partial charge in [0.1, 0.15) is 5.75 Å². The second-order valence-electron chi connectivity index (χ2n) is 5.73. The lowest BCUT2D eigenvalue weighted by atomic mass is 10.2. The molecule has 1 saturated heterocycles. The molecule has 1 heterocycles. The van der Waals surface area contributed by atoms with E-state index in [4.69, 9.17) is 4.74 Å². The molecule has 2 aromatic rings. The predicted octanol–water partition coefficient (Wildman–Crippen LogP) is 3.39. The fraction of sp³-hybridized carbons (Fsp3) is 0.278. The highest BCUT2D eigenvalue weighted by Gasteiger charge is 2.25. The molecule has 0 saturated carbocycles. The zero-order chi connectivity index (χ0) is 16.2. The highest BCUT2D eigenvalue weighted by Crippen LogP contribution is 2.30. The van der Waals surface area contributed by atoms with Crippen LogP contribution in [0.5, 0.6) is 11.5 Å². The van der Waals surface area contributed by atoms with Gasteiger partial charge in [-0.25, -0.2) is 4.79 Å². The van der Waals surface area contributed by atoms with Crippen molar-refractivity contribution in [2.75, 3.05) is 18.4 Å². The maximum Gasteiger partial charge on any atom is 0.322 e. The number of hydrogen-bond donors (Lipinski definition) is 2. The zero-order valence-corrected chi connectivity index (χ0v) is 13.0. The topological polar surface area (TPSA) is 61.8 Å². The van der Waals surface area contributed by atoms with Gasteiger partial charge in [-0.1, -0.05) is 24.3 Å². The maximum absolute atomic E-state index is 12.3. The number of aryl methyl sites for hydroxylation is 1. The minimum atomic E-state index is -0.431. The van der Waals surface area contributed by atoms with Gasteiger partial charge in [0.2, 0.25) is 0 Å². The largest absolute Gasteiger partial charge is 0.455 e. The van der Waals surface area contributed by atoms with Crippen molar-refractivity contribution in [2.24, 2.45) is 0 Å². The van der Waals surface area contributed by atoms with Gasteiger partial charge < -0.3 is 20.1 Å². The molecule has 0 bridgehead atoms. The van der Waals surface area contributed by atoms with Crippen LogP contribution in [0.4, 0.5) is 10.5 Å². The van der Waals surface area contributed by atoms with E-state index in [2.05, 4.69) is 5.32 Å². The van der Waals surface area contributed by atoms with Crippen LogP contribution in [0.25, 0.3) is 0 Å². The van der Waals surface area contributed by atoms with Gasteiger partial charge in [0.15, 0.2) is 5.75 Å². The third kappa shape index (κ3) is 3.81. The summed E-state index contributed by atoms with van der Waals surface area (Å²) >= 11 is 0. The van der Waals surface area contributed by atoms with Crippen LogP contribution < -0.4 is 10.1 Å². The molecule has 1 atom stereocenters. The van der Waals surface area contributed by atoms with Gasteiger partial charge in [-0.05, 0) is 43.2 Å². The van der Waals surface area contributed by atoms with E-state index < -0.39 is 6.10 Å². The minimum Gasteiger partial charge on any atom is -0.455 e. The minimum absolute atomic E-state index is 0.221. The number of benzene rings is 2. The Labute approximate surface area is 135 Å². The van der Waals surface area contributed by atoms with Crippen molar-refractivity contribution in [3.05, 3.63) is 54.1 Å². The summed E-state index contributed by atoms with van der Waals surface area (Å²) < 4.78 is 5.89. The summed E-state index contributed by atoms with van der Waals surface area (Å²) in [4.78, 5) is 13.9. The number of carbonyl (C=O) groups is 1. The van der Waals surface area contributed by atoms with Crippen molar-refractivity contribution < 1.29 is 14.6 Å². The third-order valence-corrected chi connectivity index (χ3v) is 3.80. The summed E-state index contributed by atoms with van der Waals surface area (Å²) in [6.45, 7) is 2.93. The fourth-order valence-electron chi connectivity index (χ4n) is 2.59. The highest BCUT2D eigenvalue weighted by atomic mass is 16.5. The molecule has 2 amide bonds. The van der Waals surface area contributed by atoms with Crippen LogP contribution in [-0.4, -0.2) is 35.2 Å². The van der Waals surface area contributed by atoms with E-state index in [1.165, 1.54) is 0 Å². The van der Waals surface area contributed by atoms with Gasteiger partial charge in [0.05, 0.1) is 11.8 Å². The lowest BCUT2D eigenvalue weighted by Crippen LogP contribution is -2.33. The Morgan fingerprint density at radius 1 is 1.26 bits per heavy atom. The van der Waals surface area contributed by atoms with Crippen LogP contribution in [-0.2, 0) is 0 Å². The molecule has 0 aliphatic carbocycles. The number of ether oxygens (including phenoxy) is 1. The molecule has 1 aliphatic heterocycles. The predicted molar refractivity (Wildman–Crippen MR) is 88.9 cm³/mol. The second-order valence-corrected chi connectivity index (χ2v) is 5.73. The summed E-state index contributed by atoms with van der Waals surface area (Å²) in [6, 6.07) is 14.8. The molecule has 1 aliphatic rings. The number of rotatable bonds is 3. The summed E-state index contributed by atoms with van der Waals surface area (Å²) in [5.74, 6) is 1.31. The Kier molecular flexibility index (Phi) is 4.48. The smallest absolute Gasteiger partial charge is 0.322 e. The third-order valence-electron chi connectivity index (χ3n) is 3.80. The SMILES string of the molecule is Cc1cccc(Oc2ccccc2NC(=O)N2CC[C@@H](O)C2)c1. The normalized spacial score (nSPS) is 17.1. The molecule has 3 rings (SSSR count). The fourth-order valence-corrected chi connectivity index (χ4v) is 2.59. The first-order chi connectivity index (χ1) is 11.1. The van der Waals surface area contributed by atoms with Crippen LogP contribution >= 0.6 is 0 Å². The molecule has 2 N–H and O–H groups in total. The molecule has 0 radical (unpaired) electrons. The monoisotopic (exact) mass is 312 g/mol. The van der Waals surface area contributed by atoms with Gasteiger partial charge in [-0.2, -0.15) is 0 Å². The Balaban J connectivity index is 1.74. The molecule has 1 fully saturated rings. The molecule has 0 spiro atoms. The molecule has 0 unspecified atom stereocenters. The van der Waals surface area contributed by atoms with E-state index in [-0.39, 0.29) is 6.03 Å². The van der Waals surface area contributed by atoms with Gasteiger partial charge >= 0.3 is 6.03 Å². The van der Waals surface area contributed by atoms with Crippen LogP contribution in [0, 0.1) is 6.92 Å². The second kappa shape index (κ2) is 6.71. The average Bonchev–Trinajstić information content (AvgIpc) is 2.96. The van der Waals surface area contributed by atoms with E-state index in [9.17, 15) is 9.90 Å². The first-order valence-corrected chi connectivity index (χ1v) is 7.69. The van der Waals surface area contributed by atoms with Crippen molar-refractivity contribution in [1.82, 2.24) is 4.90 Å².